The molecule has 28 heavy (non-hydrogen) atoms. The quantitative estimate of drug-likeness (QED) is 0.732. The predicted octanol–water partition coefficient (Wildman–Crippen LogP) is 2.54. The van der Waals surface area contributed by atoms with Crippen LogP contribution in [0.15, 0.2) is 23.0 Å². The van der Waals surface area contributed by atoms with Gasteiger partial charge in [-0.25, -0.2) is 4.79 Å². The summed E-state index contributed by atoms with van der Waals surface area (Å²) in [5, 5.41) is 15.4. The SMILES string of the molecule is CNC(=O)c1ccc(C)c(Nc2[nH]c(=O)nc(N(C)CC(C)(C)C)c2C#N)c1. The Balaban J connectivity index is 2.52. The monoisotopic (exact) mass is 382 g/mol. The van der Waals surface area contributed by atoms with Gasteiger partial charge in [-0.15, -0.1) is 0 Å². The molecule has 1 aromatic heterocycles. The third kappa shape index (κ3) is 4.88. The van der Waals surface area contributed by atoms with Crippen molar-refractivity contribution < 1.29 is 4.79 Å². The summed E-state index contributed by atoms with van der Waals surface area (Å²) in [5.74, 6) is 0.330. The highest BCUT2D eigenvalue weighted by molar-refractivity contribution is 5.95. The Morgan fingerprint density at radius 2 is 2.04 bits per heavy atom. The van der Waals surface area contributed by atoms with Crippen molar-refractivity contribution in [3.63, 3.8) is 0 Å². The lowest BCUT2D eigenvalue weighted by molar-refractivity contribution is 0.0963. The van der Waals surface area contributed by atoms with Crippen molar-refractivity contribution in [2.24, 2.45) is 5.41 Å². The van der Waals surface area contributed by atoms with Gasteiger partial charge in [0.05, 0.1) is 0 Å². The zero-order valence-corrected chi connectivity index (χ0v) is 17.1. The minimum atomic E-state index is -0.558. The second kappa shape index (κ2) is 8.13. The van der Waals surface area contributed by atoms with E-state index in [0.29, 0.717) is 23.6 Å². The van der Waals surface area contributed by atoms with E-state index < -0.39 is 5.69 Å². The van der Waals surface area contributed by atoms with Crippen molar-refractivity contribution in [1.29, 1.82) is 5.26 Å². The number of aromatic nitrogens is 2. The first-order chi connectivity index (χ1) is 13.1. The van der Waals surface area contributed by atoms with Crippen LogP contribution in [0.1, 0.15) is 42.3 Å². The average Bonchev–Trinajstić information content (AvgIpc) is 2.61. The molecule has 8 nitrogen and oxygen atoms in total. The first-order valence-corrected chi connectivity index (χ1v) is 8.91. The van der Waals surface area contributed by atoms with E-state index in [0.717, 1.165) is 5.56 Å². The number of nitriles is 1. The lowest BCUT2D eigenvalue weighted by atomic mass is 9.96. The largest absolute Gasteiger partial charge is 0.358 e. The minimum Gasteiger partial charge on any atom is -0.358 e. The van der Waals surface area contributed by atoms with Crippen LogP contribution >= 0.6 is 0 Å². The summed E-state index contributed by atoms with van der Waals surface area (Å²) < 4.78 is 0. The van der Waals surface area contributed by atoms with Crippen LogP contribution in [0.25, 0.3) is 0 Å². The molecule has 1 amide bonds. The number of nitrogens with one attached hydrogen (secondary N) is 3. The molecule has 148 valence electrons. The summed E-state index contributed by atoms with van der Waals surface area (Å²) >= 11 is 0. The van der Waals surface area contributed by atoms with Crippen LogP contribution in [-0.2, 0) is 0 Å². The molecule has 2 rings (SSSR count). The lowest BCUT2D eigenvalue weighted by Crippen LogP contribution is -2.32. The number of carbonyl (C=O) groups excluding carboxylic acids is 1. The Morgan fingerprint density at radius 1 is 1.36 bits per heavy atom. The molecule has 2 aromatic rings. The maximum absolute atomic E-state index is 12.1. The molecule has 0 radical (unpaired) electrons. The summed E-state index contributed by atoms with van der Waals surface area (Å²) in [7, 11) is 3.36. The van der Waals surface area contributed by atoms with Gasteiger partial charge in [-0.3, -0.25) is 9.78 Å². The van der Waals surface area contributed by atoms with Gasteiger partial charge in [-0.2, -0.15) is 10.2 Å². The van der Waals surface area contributed by atoms with Gasteiger partial charge >= 0.3 is 5.69 Å². The number of nitrogens with zero attached hydrogens (tertiary/aromatic N) is 3. The van der Waals surface area contributed by atoms with E-state index in [9.17, 15) is 14.9 Å². The molecular weight excluding hydrogens is 356 g/mol. The first kappa shape index (κ1) is 21.0. The molecule has 0 spiro atoms. The van der Waals surface area contributed by atoms with Gasteiger partial charge in [0.2, 0.25) is 0 Å². The molecule has 3 N–H and O–H groups in total. The summed E-state index contributed by atoms with van der Waals surface area (Å²) in [4.78, 5) is 32.5. The third-order valence-electron chi connectivity index (χ3n) is 4.08. The van der Waals surface area contributed by atoms with Gasteiger partial charge in [-0.05, 0) is 30.0 Å². The Morgan fingerprint density at radius 3 is 2.61 bits per heavy atom. The van der Waals surface area contributed by atoms with Gasteiger partial charge in [0.25, 0.3) is 5.91 Å². The third-order valence-corrected chi connectivity index (χ3v) is 4.08. The molecular formula is C20H26N6O2. The molecule has 0 bridgehead atoms. The van der Waals surface area contributed by atoms with E-state index >= 15 is 0 Å². The van der Waals surface area contributed by atoms with Crippen molar-refractivity contribution in [1.82, 2.24) is 15.3 Å². The number of aryl methyl sites for hydroxylation is 1. The van der Waals surface area contributed by atoms with Crippen LogP contribution in [0.2, 0.25) is 0 Å². The zero-order chi connectivity index (χ0) is 21.1. The van der Waals surface area contributed by atoms with Crippen LogP contribution < -0.4 is 21.2 Å². The van der Waals surface area contributed by atoms with Crippen molar-refractivity contribution in [3.8, 4) is 6.07 Å². The fourth-order valence-electron chi connectivity index (χ4n) is 2.90. The number of hydrogen-bond acceptors (Lipinski definition) is 6. The van der Waals surface area contributed by atoms with Gasteiger partial charge in [0.15, 0.2) is 5.82 Å². The number of rotatable bonds is 5. The van der Waals surface area contributed by atoms with E-state index in [4.69, 9.17) is 0 Å². The van der Waals surface area contributed by atoms with Crippen LogP contribution in [0.5, 0.6) is 0 Å². The number of H-pyrrole nitrogens is 1. The second-order valence-electron chi connectivity index (χ2n) is 7.88. The molecule has 0 atom stereocenters. The number of benzene rings is 1. The molecule has 0 saturated carbocycles. The van der Waals surface area contributed by atoms with E-state index in [1.807, 2.05) is 6.92 Å². The molecule has 0 aliphatic carbocycles. The van der Waals surface area contributed by atoms with E-state index in [1.54, 1.807) is 37.2 Å². The number of anilines is 3. The van der Waals surface area contributed by atoms with Crippen LogP contribution in [0.4, 0.5) is 17.3 Å². The molecule has 1 aromatic carbocycles. The Hall–Kier alpha value is -3.34. The fourth-order valence-corrected chi connectivity index (χ4v) is 2.90. The minimum absolute atomic E-state index is 0.0439. The molecule has 0 fully saturated rings. The first-order valence-electron chi connectivity index (χ1n) is 8.91. The number of aromatic amines is 1. The lowest BCUT2D eigenvalue weighted by Gasteiger charge is -2.28. The van der Waals surface area contributed by atoms with Crippen LogP contribution in [0.3, 0.4) is 0 Å². The molecule has 0 aliphatic rings. The standard InChI is InChI=1S/C20H26N6O2/c1-12-7-8-13(18(27)22-5)9-15(12)23-16-14(10-21)17(25-19(28)24-16)26(6)11-20(2,3)4/h7-9H,11H2,1-6H3,(H,22,27)(H2,23,24,25,28). The number of hydrogen-bond donors (Lipinski definition) is 3. The maximum atomic E-state index is 12.1. The Labute approximate surface area is 164 Å². The highest BCUT2D eigenvalue weighted by Crippen LogP contribution is 2.27. The predicted molar refractivity (Wildman–Crippen MR) is 110 cm³/mol. The molecule has 0 aliphatic heterocycles. The fraction of sp³-hybridized carbons (Fsp3) is 0.400. The molecule has 0 saturated heterocycles. The average molecular weight is 382 g/mol. The normalized spacial score (nSPS) is 10.9. The smallest absolute Gasteiger partial charge is 0.348 e. The topological polar surface area (TPSA) is 114 Å². The number of amides is 1. The van der Waals surface area contributed by atoms with E-state index in [1.165, 1.54) is 0 Å². The molecule has 8 heteroatoms. The van der Waals surface area contributed by atoms with Crippen molar-refractivity contribution in [3.05, 3.63) is 45.4 Å². The van der Waals surface area contributed by atoms with Crippen molar-refractivity contribution in [2.75, 3.05) is 30.9 Å². The molecule has 0 unspecified atom stereocenters. The Bertz CT molecular complexity index is 982. The van der Waals surface area contributed by atoms with Gasteiger partial charge < -0.3 is 15.5 Å². The summed E-state index contributed by atoms with van der Waals surface area (Å²) in [6.07, 6.45) is 0. The van der Waals surface area contributed by atoms with E-state index in [-0.39, 0.29) is 22.7 Å². The Kier molecular flexibility index (Phi) is 6.09. The summed E-state index contributed by atoms with van der Waals surface area (Å²) in [6, 6.07) is 7.31. The zero-order valence-electron chi connectivity index (χ0n) is 17.1. The van der Waals surface area contributed by atoms with Gasteiger partial charge in [0.1, 0.15) is 17.5 Å². The van der Waals surface area contributed by atoms with Crippen molar-refractivity contribution >= 4 is 23.2 Å². The van der Waals surface area contributed by atoms with Crippen LogP contribution in [-0.4, -0.2) is 36.5 Å². The van der Waals surface area contributed by atoms with Gasteiger partial charge in [0, 0.05) is 31.9 Å². The highest BCUT2D eigenvalue weighted by atomic mass is 16.1. The number of carbonyl (C=O) groups is 1. The van der Waals surface area contributed by atoms with Crippen LogP contribution in [0, 0.1) is 23.7 Å². The van der Waals surface area contributed by atoms with Crippen molar-refractivity contribution in [2.45, 2.75) is 27.7 Å². The van der Waals surface area contributed by atoms with Gasteiger partial charge in [-0.1, -0.05) is 26.8 Å². The maximum Gasteiger partial charge on any atom is 0.348 e. The summed E-state index contributed by atoms with van der Waals surface area (Å²) in [6.45, 7) is 8.68. The summed E-state index contributed by atoms with van der Waals surface area (Å²) in [5.41, 5.74) is 1.57. The molecule has 1 heterocycles. The van der Waals surface area contributed by atoms with E-state index in [2.05, 4.69) is 47.4 Å². The highest BCUT2D eigenvalue weighted by Gasteiger charge is 2.21. The second-order valence-corrected chi connectivity index (χ2v) is 7.88.